The summed E-state index contributed by atoms with van der Waals surface area (Å²) in [7, 11) is 0. The first kappa shape index (κ1) is 18.0. The molecule has 9 heteroatoms. The molecule has 0 bridgehead atoms. The van der Waals surface area contributed by atoms with Crippen molar-refractivity contribution in [2.24, 2.45) is 0 Å². The minimum Gasteiger partial charge on any atom is -0.347 e. The topological polar surface area (TPSA) is 79.5 Å². The van der Waals surface area contributed by atoms with Gasteiger partial charge in [-0.2, -0.15) is 0 Å². The summed E-state index contributed by atoms with van der Waals surface area (Å²) in [5.74, 6) is -1.59. The number of anilines is 1. The Morgan fingerprint density at radius 3 is 2.52 bits per heavy atom. The second-order valence-electron chi connectivity index (χ2n) is 6.67. The Balaban J connectivity index is 1.46. The lowest BCUT2D eigenvalue weighted by molar-refractivity contribution is -0.183. The van der Waals surface area contributed by atoms with E-state index in [1.807, 2.05) is 5.01 Å². The van der Waals surface area contributed by atoms with Crippen LogP contribution in [0.1, 0.15) is 24.1 Å². The second-order valence-corrected chi connectivity index (χ2v) is 6.67. The molecule has 1 aromatic heterocycles. The molecule has 0 amide bonds. The van der Waals surface area contributed by atoms with E-state index >= 15 is 0 Å². The third-order valence-electron chi connectivity index (χ3n) is 4.82. The number of piperidine rings is 1. The van der Waals surface area contributed by atoms with Gasteiger partial charge in [0.05, 0.1) is 18.9 Å². The van der Waals surface area contributed by atoms with Gasteiger partial charge in [0.2, 0.25) is 5.95 Å². The van der Waals surface area contributed by atoms with Gasteiger partial charge in [0, 0.05) is 44.0 Å². The van der Waals surface area contributed by atoms with Crippen molar-refractivity contribution in [3.63, 3.8) is 0 Å². The predicted molar refractivity (Wildman–Crippen MR) is 93.1 cm³/mol. The Morgan fingerprint density at radius 1 is 1.19 bits per heavy atom. The Kier molecular flexibility index (Phi) is 4.90. The van der Waals surface area contributed by atoms with Crippen molar-refractivity contribution < 1.29 is 18.3 Å². The van der Waals surface area contributed by atoms with Crippen LogP contribution >= 0.6 is 0 Å². The zero-order chi connectivity index (χ0) is 18.9. The highest BCUT2D eigenvalue weighted by Crippen LogP contribution is 2.31. The average molecular weight is 378 g/mol. The fourth-order valence-corrected chi connectivity index (χ4v) is 3.43. The number of benzene rings is 1. The van der Waals surface area contributed by atoms with Crippen molar-refractivity contribution in [3.8, 4) is 0 Å². The first-order valence-corrected chi connectivity index (χ1v) is 8.86. The summed E-state index contributed by atoms with van der Waals surface area (Å²) in [6.07, 6.45) is 1.29. The van der Waals surface area contributed by atoms with E-state index in [9.17, 15) is 13.6 Å². The number of aromatic nitrogens is 2. The van der Waals surface area contributed by atoms with E-state index < -0.39 is 23.0 Å². The normalized spacial score (nSPS) is 19.5. The zero-order valence-electron chi connectivity index (χ0n) is 14.6. The summed E-state index contributed by atoms with van der Waals surface area (Å²) in [4.78, 5) is 18.8. The van der Waals surface area contributed by atoms with Crippen molar-refractivity contribution in [3.05, 3.63) is 57.5 Å². The quantitative estimate of drug-likeness (QED) is 0.845. The highest BCUT2D eigenvalue weighted by Gasteiger charge is 2.39. The van der Waals surface area contributed by atoms with Gasteiger partial charge >= 0.3 is 0 Å². The number of ether oxygens (including phenoxy) is 2. The van der Waals surface area contributed by atoms with Gasteiger partial charge in [-0.1, -0.05) is 6.07 Å². The minimum atomic E-state index is -0.663. The van der Waals surface area contributed by atoms with E-state index in [0.717, 1.165) is 0 Å². The lowest BCUT2D eigenvalue weighted by Crippen LogP contribution is -2.47. The van der Waals surface area contributed by atoms with Gasteiger partial charge in [-0.15, -0.1) is 0 Å². The molecule has 144 valence electrons. The van der Waals surface area contributed by atoms with Crippen LogP contribution in [0.2, 0.25) is 0 Å². The number of hydrogen-bond donors (Lipinski definition) is 2. The second kappa shape index (κ2) is 7.34. The molecule has 2 saturated heterocycles. The number of rotatable bonds is 4. The van der Waals surface area contributed by atoms with Gasteiger partial charge in [0.25, 0.3) is 5.56 Å². The van der Waals surface area contributed by atoms with Crippen molar-refractivity contribution in [2.45, 2.75) is 25.0 Å². The van der Waals surface area contributed by atoms with Gasteiger partial charge in [-0.25, -0.2) is 18.8 Å². The lowest BCUT2D eigenvalue weighted by atomic mass is 10.1. The van der Waals surface area contributed by atoms with Gasteiger partial charge in [-0.05, 0) is 12.1 Å². The van der Waals surface area contributed by atoms with Gasteiger partial charge in [0.1, 0.15) is 11.6 Å². The standard InChI is InChI=1S/C18H20F2N4O3/c19-14-2-1-3-15(20)13(14)10-12-11-16(25)22-17(21-12)23-24-6-4-18(5-7-24)26-8-9-27-18/h1-3,11H,4-10H2,(H2,21,22,23,25). The molecule has 2 aliphatic rings. The molecule has 4 rings (SSSR count). The van der Waals surface area contributed by atoms with E-state index in [0.29, 0.717) is 39.1 Å². The largest absolute Gasteiger partial charge is 0.347 e. The van der Waals surface area contributed by atoms with E-state index in [1.165, 1.54) is 24.3 Å². The summed E-state index contributed by atoms with van der Waals surface area (Å²) in [6, 6.07) is 4.90. The Morgan fingerprint density at radius 2 is 1.85 bits per heavy atom. The Bertz CT molecular complexity index is 853. The number of nitrogens with zero attached hydrogens (tertiary/aromatic N) is 2. The van der Waals surface area contributed by atoms with Crippen LogP contribution in [0, 0.1) is 11.6 Å². The van der Waals surface area contributed by atoms with Crippen molar-refractivity contribution in [1.29, 1.82) is 0 Å². The van der Waals surface area contributed by atoms with Gasteiger partial charge in [0.15, 0.2) is 5.79 Å². The summed E-state index contributed by atoms with van der Waals surface area (Å²) in [5, 5.41) is 1.90. The Hall–Kier alpha value is -2.36. The van der Waals surface area contributed by atoms with E-state index in [4.69, 9.17) is 9.47 Å². The van der Waals surface area contributed by atoms with Crippen LogP contribution in [0.4, 0.5) is 14.7 Å². The number of aromatic amines is 1. The van der Waals surface area contributed by atoms with Crippen LogP contribution < -0.4 is 11.0 Å². The van der Waals surface area contributed by atoms with Crippen LogP contribution in [0.5, 0.6) is 0 Å². The van der Waals surface area contributed by atoms with Gasteiger partial charge < -0.3 is 9.47 Å². The van der Waals surface area contributed by atoms with E-state index in [1.54, 1.807) is 0 Å². The molecule has 2 N–H and O–H groups in total. The SMILES string of the molecule is O=c1cc(Cc2c(F)cccc2F)nc(NN2CCC3(CC2)OCCO3)[nH]1. The van der Waals surface area contributed by atoms with Crippen molar-refractivity contribution >= 4 is 5.95 Å². The number of halogens is 2. The highest BCUT2D eigenvalue weighted by molar-refractivity contribution is 5.29. The molecule has 2 aliphatic heterocycles. The molecule has 0 atom stereocenters. The van der Waals surface area contributed by atoms with Crippen LogP contribution in [0.15, 0.2) is 29.1 Å². The van der Waals surface area contributed by atoms with E-state index in [2.05, 4.69) is 15.4 Å². The minimum absolute atomic E-state index is 0.109. The van der Waals surface area contributed by atoms with Crippen LogP contribution in [-0.4, -0.2) is 47.1 Å². The fraction of sp³-hybridized carbons (Fsp3) is 0.444. The number of H-pyrrole nitrogens is 1. The molecule has 1 spiro atoms. The molecule has 2 fully saturated rings. The first-order chi connectivity index (χ1) is 13.0. The van der Waals surface area contributed by atoms with Gasteiger partial charge in [-0.3, -0.25) is 15.2 Å². The van der Waals surface area contributed by atoms with E-state index in [-0.39, 0.29) is 23.6 Å². The maximum Gasteiger partial charge on any atom is 0.252 e. The molecular weight excluding hydrogens is 358 g/mol. The predicted octanol–water partition coefficient (Wildman–Crippen LogP) is 1.80. The smallest absolute Gasteiger partial charge is 0.252 e. The third kappa shape index (κ3) is 4.00. The highest BCUT2D eigenvalue weighted by atomic mass is 19.1. The van der Waals surface area contributed by atoms with Crippen LogP contribution in [-0.2, 0) is 15.9 Å². The zero-order valence-corrected chi connectivity index (χ0v) is 14.6. The van der Waals surface area contributed by atoms with Crippen molar-refractivity contribution in [1.82, 2.24) is 15.0 Å². The molecule has 0 unspecified atom stereocenters. The van der Waals surface area contributed by atoms with Crippen LogP contribution in [0.25, 0.3) is 0 Å². The first-order valence-electron chi connectivity index (χ1n) is 8.86. The molecule has 0 saturated carbocycles. The summed E-state index contributed by atoms with van der Waals surface area (Å²) < 4.78 is 39.1. The van der Waals surface area contributed by atoms with Crippen LogP contribution in [0.3, 0.4) is 0 Å². The average Bonchev–Trinajstić information content (AvgIpc) is 3.08. The molecule has 3 heterocycles. The molecule has 2 aromatic rings. The summed E-state index contributed by atoms with van der Waals surface area (Å²) in [5.41, 5.74) is 2.82. The number of nitrogens with one attached hydrogen (secondary N) is 2. The molecule has 27 heavy (non-hydrogen) atoms. The molecule has 1 aromatic carbocycles. The molecule has 0 aliphatic carbocycles. The number of hydrazine groups is 1. The maximum atomic E-state index is 13.9. The monoisotopic (exact) mass is 378 g/mol. The molecule has 0 radical (unpaired) electrons. The fourth-order valence-electron chi connectivity index (χ4n) is 3.43. The lowest BCUT2D eigenvalue weighted by Gasteiger charge is -2.37. The Labute approximate surface area is 154 Å². The summed E-state index contributed by atoms with van der Waals surface area (Å²) >= 11 is 0. The number of hydrogen-bond acceptors (Lipinski definition) is 6. The van der Waals surface area contributed by atoms with Crippen molar-refractivity contribution in [2.75, 3.05) is 31.7 Å². The summed E-state index contributed by atoms with van der Waals surface area (Å²) in [6.45, 7) is 2.51. The third-order valence-corrected chi connectivity index (χ3v) is 4.82. The molecular formula is C18H20F2N4O3. The molecule has 7 nitrogen and oxygen atoms in total. The maximum absolute atomic E-state index is 13.9.